The van der Waals surface area contributed by atoms with Gasteiger partial charge in [0, 0.05) is 10.9 Å². The average Bonchev–Trinajstić information content (AvgIpc) is 3.31. The lowest BCUT2D eigenvalue weighted by Gasteiger charge is -2.11. The van der Waals surface area contributed by atoms with Gasteiger partial charge < -0.3 is 13.9 Å². The smallest absolute Gasteiger partial charge is 0.344 e. The highest BCUT2D eigenvalue weighted by molar-refractivity contribution is 5.86. The van der Waals surface area contributed by atoms with E-state index in [2.05, 4.69) is 10.1 Å². The van der Waals surface area contributed by atoms with Gasteiger partial charge in [0.2, 0.25) is 5.82 Å². The minimum Gasteiger partial charge on any atom is -0.481 e. The van der Waals surface area contributed by atoms with Gasteiger partial charge in [-0.15, -0.1) is 0 Å². The van der Waals surface area contributed by atoms with Gasteiger partial charge in [-0.1, -0.05) is 42.5 Å². The molecule has 0 radical (unpaired) electrons. The molecule has 0 aliphatic heterocycles. The van der Waals surface area contributed by atoms with Crippen LogP contribution in [-0.4, -0.2) is 34.6 Å². The average molecular weight is 482 g/mol. The Morgan fingerprint density at radius 2 is 1.81 bits per heavy atom. The first-order chi connectivity index (χ1) is 17.5. The van der Waals surface area contributed by atoms with Crippen LogP contribution in [0.15, 0.2) is 93.2 Å². The van der Waals surface area contributed by atoms with Crippen molar-refractivity contribution in [3.8, 4) is 17.3 Å². The number of hydrogen-bond acceptors (Lipinski definition) is 7. The lowest BCUT2D eigenvalue weighted by molar-refractivity contribution is -0.149. The number of nitrogens with zero attached hydrogens (tertiary/aromatic N) is 3. The molecular weight excluding hydrogens is 458 g/mol. The SMILES string of the molecule is CC(C)OC(=O)COc1ccccc1C=Nn1c(-c2cc3ccccc3o2)nc2ccccc2c1=O. The molecule has 0 N–H and O–H groups in total. The molecule has 3 aromatic carbocycles. The zero-order chi connectivity index (χ0) is 25.1. The van der Waals surface area contributed by atoms with E-state index >= 15 is 0 Å². The fraction of sp³-hybridized carbons (Fsp3) is 0.143. The van der Waals surface area contributed by atoms with Gasteiger partial charge in [0.15, 0.2) is 12.4 Å². The second kappa shape index (κ2) is 9.87. The molecule has 2 aromatic heterocycles. The Kier molecular flexibility index (Phi) is 6.32. The molecular formula is C28H23N3O5. The van der Waals surface area contributed by atoms with E-state index in [9.17, 15) is 9.59 Å². The van der Waals surface area contributed by atoms with Crippen molar-refractivity contribution in [1.82, 2.24) is 9.66 Å². The summed E-state index contributed by atoms with van der Waals surface area (Å²) in [4.78, 5) is 30.0. The van der Waals surface area contributed by atoms with Crippen molar-refractivity contribution in [3.63, 3.8) is 0 Å². The van der Waals surface area contributed by atoms with Crippen LogP contribution in [0.3, 0.4) is 0 Å². The summed E-state index contributed by atoms with van der Waals surface area (Å²) in [7, 11) is 0. The number of carbonyl (C=O) groups excluding carboxylic acids is 1. The van der Waals surface area contributed by atoms with Crippen molar-refractivity contribution in [3.05, 3.63) is 94.8 Å². The molecule has 5 aromatic rings. The Hall–Kier alpha value is -4.72. The van der Waals surface area contributed by atoms with Gasteiger partial charge in [-0.2, -0.15) is 9.78 Å². The van der Waals surface area contributed by atoms with Crippen LogP contribution in [0, 0.1) is 0 Å². The predicted octanol–water partition coefficient (Wildman–Crippen LogP) is 5.02. The highest BCUT2D eigenvalue weighted by atomic mass is 16.6. The summed E-state index contributed by atoms with van der Waals surface area (Å²) in [5, 5.41) is 5.78. The standard InChI is InChI=1S/C28H23N3O5/c1-18(2)35-26(32)17-34-23-13-7-4-10-20(23)16-29-31-27(25-15-19-9-3-8-14-24(19)36-25)30-22-12-6-5-11-21(22)28(31)33/h3-16,18H,17H2,1-2H3. The van der Waals surface area contributed by atoms with Gasteiger partial charge in [0.05, 0.1) is 23.2 Å². The van der Waals surface area contributed by atoms with Crippen molar-refractivity contribution < 1.29 is 18.7 Å². The molecule has 180 valence electrons. The first-order valence-corrected chi connectivity index (χ1v) is 11.5. The van der Waals surface area contributed by atoms with E-state index in [0.29, 0.717) is 33.6 Å². The fourth-order valence-corrected chi connectivity index (χ4v) is 3.75. The fourth-order valence-electron chi connectivity index (χ4n) is 3.75. The molecule has 8 nitrogen and oxygen atoms in total. The zero-order valence-electron chi connectivity index (χ0n) is 19.8. The summed E-state index contributed by atoms with van der Waals surface area (Å²) < 4.78 is 18.0. The van der Waals surface area contributed by atoms with E-state index in [1.807, 2.05) is 42.5 Å². The first-order valence-electron chi connectivity index (χ1n) is 11.5. The van der Waals surface area contributed by atoms with E-state index in [1.54, 1.807) is 50.2 Å². The maximum absolute atomic E-state index is 13.4. The number of aromatic nitrogens is 2. The third-order valence-electron chi connectivity index (χ3n) is 5.34. The van der Waals surface area contributed by atoms with Gasteiger partial charge >= 0.3 is 5.97 Å². The molecule has 0 saturated carbocycles. The van der Waals surface area contributed by atoms with Gasteiger partial charge in [0.1, 0.15) is 11.3 Å². The van der Waals surface area contributed by atoms with Gasteiger partial charge in [-0.25, -0.2) is 9.78 Å². The number of ether oxygens (including phenoxy) is 2. The number of furan rings is 1. The Balaban J connectivity index is 1.56. The van der Waals surface area contributed by atoms with Crippen LogP contribution < -0.4 is 10.3 Å². The summed E-state index contributed by atoms with van der Waals surface area (Å²) in [5.41, 5.74) is 1.45. The topological polar surface area (TPSA) is 95.9 Å². The van der Waals surface area contributed by atoms with Gasteiger partial charge in [-0.3, -0.25) is 4.79 Å². The number of hydrogen-bond donors (Lipinski definition) is 0. The lowest BCUT2D eigenvalue weighted by atomic mass is 10.2. The molecule has 36 heavy (non-hydrogen) atoms. The van der Waals surface area contributed by atoms with Crippen molar-refractivity contribution in [1.29, 1.82) is 0 Å². The molecule has 0 fully saturated rings. The van der Waals surface area contributed by atoms with Crippen molar-refractivity contribution in [2.45, 2.75) is 20.0 Å². The van der Waals surface area contributed by atoms with E-state index in [0.717, 1.165) is 5.39 Å². The summed E-state index contributed by atoms with van der Waals surface area (Å²) in [5.74, 6) is 0.634. The van der Waals surface area contributed by atoms with E-state index in [4.69, 9.17) is 13.9 Å². The van der Waals surface area contributed by atoms with Crippen molar-refractivity contribution in [2.75, 3.05) is 6.61 Å². The first kappa shape index (κ1) is 23.0. The van der Waals surface area contributed by atoms with Gasteiger partial charge in [-0.05, 0) is 50.2 Å². The van der Waals surface area contributed by atoms with Crippen LogP contribution in [0.1, 0.15) is 19.4 Å². The Morgan fingerprint density at radius 3 is 2.64 bits per heavy atom. The van der Waals surface area contributed by atoms with E-state index < -0.39 is 5.97 Å². The molecule has 5 rings (SSSR count). The molecule has 0 unspecified atom stereocenters. The Labute approximate surface area is 206 Å². The third-order valence-corrected chi connectivity index (χ3v) is 5.34. The molecule has 0 atom stereocenters. The van der Waals surface area contributed by atoms with Crippen molar-refractivity contribution >= 4 is 34.1 Å². The minimum absolute atomic E-state index is 0.234. The van der Waals surface area contributed by atoms with E-state index in [-0.39, 0.29) is 24.1 Å². The largest absolute Gasteiger partial charge is 0.481 e. The minimum atomic E-state index is -0.473. The van der Waals surface area contributed by atoms with Crippen LogP contribution in [0.4, 0.5) is 0 Å². The van der Waals surface area contributed by atoms with Crippen LogP contribution in [0.2, 0.25) is 0 Å². The van der Waals surface area contributed by atoms with E-state index in [1.165, 1.54) is 10.9 Å². The summed E-state index contributed by atoms with van der Waals surface area (Å²) >= 11 is 0. The van der Waals surface area contributed by atoms with Crippen LogP contribution in [-0.2, 0) is 9.53 Å². The van der Waals surface area contributed by atoms with Crippen LogP contribution in [0.25, 0.3) is 33.5 Å². The monoisotopic (exact) mass is 481 g/mol. The second-order valence-electron chi connectivity index (χ2n) is 8.33. The number of rotatable bonds is 7. The molecule has 8 heteroatoms. The molecule has 0 aliphatic carbocycles. The molecule has 0 spiro atoms. The third kappa shape index (κ3) is 4.74. The number of esters is 1. The number of carbonyl (C=O) groups is 1. The molecule has 0 aliphatic rings. The highest BCUT2D eigenvalue weighted by Crippen LogP contribution is 2.27. The number of para-hydroxylation sites is 3. The molecule has 0 amide bonds. The zero-order valence-corrected chi connectivity index (χ0v) is 19.8. The Bertz CT molecular complexity index is 1620. The quantitative estimate of drug-likeness (QED) is 0.239. The number of benzene rings is 3. The lowest BCUT2D eigenvalue weighted by Crippen LogP contribution is -2.20. The number of fused-ring (bicyclic) bond motifs is 2. The second-order valence-corrected chi connectivity index (χ2v) is 8.33. The van der Waals surface area contributed by atoms with Gasteiger partial charge in [0.25, 0.3) is 5.56 Å². The highest BCUT2D eigenvalue weighted by Gasteiger charge is 2.16. The maximum Gasteiger partial charge on any atom is 0.344 e. The maximum atomic E-state index is 13.4. The Morgan fingerprint density at radius 1 is 1.06 bits per heavy atom. The molecule has 0 bridgehead atoms. The predicted molar refractivity (Wildman–Crippen MR) is 137 cm³/mol. The van der Waals surface area contributed by atoms with Crippen LogP contribution >= 0.6 is 0 Å². The van der Waals surface area contributed by atoms with Crippen LogP contribution in [0.5, 0.6) is 5.75 Å². The van der Waals surface area contributed by atoms with Crippen molar-refractivity contribution in [2.24, 2.45) is 5.10 Å². The molecule has 2 heterocycles. The summed E-state index contributed by atoms with van der Waals surface area (Å²) in [6.45, 7) is 3.30. The summed E-state index contributed by atoms with van der Waals surface area (Å²) in [6, 6.07) is 23.5. The summed E-state index contributed by atoms with van der Waals surface area (Å²) in [6.07, 6.45) is 1.26. The normalized spacial score (nSPS) is 11.5. The molecule has 0 saturated heterocycles.